The van der Waals surface area contributed by atoms with Crippen LogP contribution in [0.5, 0.6) is 0 Å². The van der Waals surface area contributed by atoms with Crippen molar-refractivity contribution in [1.82, 2.24) is 5.32 Å². The molecular formula is C12H27NO. The minimum Gasteiger partial charge on any atom is -0.396 e. The average Bonchev–Trinajstić information content (AvgIpc) is 2.14. The minimum atomic E-state index is 0.336. The highest BCUT2D eigenvalue weighted by atomic mass is 16.2. The molecule has 14 heavy (non-hydrogen) atoms. The molecule has 2 heteroatoms. The lowest BCUT2D eigenvalue weighted by Gasteiger charge is -2.14. The lowest BCUT2D eigenvalue weighted by molar-refractivity contribution is 0.282. The number of aliphatic hydroxyl groups is 1. The predicted octanol–water partition coefficient (Wildman–Crippen LogP) is 2.56. The molecule has 0 radical (unpaired) electrons. The van der Waals surface area contributed by atoms with Crippen LogP contribution in [0, 0.1) is 5.92 Å². The van der Waals surface area contributed by atoms with Gasteiger partial charge in [0, 0.05) is 12.6 Å². The van der Waals surface area contributed by atoms with Gasteiger partial charge in [0.25, 0.3) is 0 Å². The van der Waals surface area contributed by atoms with Gasteiger partial charge in [-0.15, -0.1) is 0 Å². The zero-order valence-corrected chi connectivity index (χ0v) is 10.1. The fourth-order valence-corrected chi connectivity index (χ4v) is 1.45. The van der Waals surface area contributed by atoms with Crippen molar-refractivity contribution < 1.29 is 5.11 Å². The molecule has 0 aliphatic rings. The molecular weight excluding hydrogens is 174 g/mol. The van der Waals surface area contributed by atoms with E-state index in [1.54, 1.807) is 0 Å². The molecule has 1 unspecified atom stereocenters. The van der Waals surface area contributed by atoms with E-state index in [0.717, 1.165) is 25.3 Å². The summed E-state index contributed by atoms with van der Waals surface area (Å²) in [6.45, 7) is 8.23. The van der Waals surface area contributed by atoms with Crippen LogP contribution in [0.15, 0.2) is 0 Å². The lowest BCUT2D eigenvalue weighted by atomic mass is 10.0. The number of hydrogen-bond acceptors (Lipinski definition) is 2. The van der Waals surface area contributed by atoms with Crippen LogP contribution in [-0.4, -0.2) is 24.3 Å². The minimum absolute atomic E-state index is 0.336. The molecule has 0 aromatic carbocycles. The predicted molar refractivity (Wildman–Crippen MR) is 62.5 cm³/mol. The normalized spacial score (nSPS) is 13.5. The molecule has 0 spiro atoms. The highest BCUT2D eigenvalue weighted by Crippen LogP contribution is 2.06. The van der Waals surface area contributed by atoms with Gasteiger partial charge in [-0.05, 0) is 51.5 Å². The second kappa shape index (κ2) is 9.47. The van der Waals surface area contributed by atoms with Gasteiger partial charge in [0.2, 0.25) is 0 Å². The zero-order chi connectivity index (χ0) is 10.8. The number of rotatable bonds is 9. The Bertz CT molecular complexity index is 115. The zero-order valence-electron chi connectivity index (χ0n) is 10.1. The fourth-order valence-electron chi connectivity index (χ4n) is 1.45. The van der Waals surface area contributed by atoms with Crippen LogP contribution in [0.4, 0.5) is 0 Å². The quantitative estimate of drug-likeness (QED) is 0.562. The standard InChI is InChI=1S/C12H27NO/c1-11(2)7-8-12(3)13-9-5-4-6-10-14/h11-14H,4-10H2,1-3H3. The Hall–Kier alpha value is -0.0800. The Kier molecular flexibility index (Phi) is 9.42. The maximum atomic E-state index is 8.60. The fraction of sp³-hybridized carbons (Fsp3) is 1.00. The van der Waals surface area contributed by atoms with Gasteiger partial charge in [-0.25, -0.2) is 0 Å². The number of unbranched alkanes of at least 4 members (excludes halogenated alkanes) is 2. The maximum Gasteiger partial charge on any atom is 0.0431 e. The van der Waals surface area contributed by atoms with E-state index in [2.05, 4.69) is 26.1 Å². The van der Waals surface area contributed by atoms with Gasteiger partial charge in [0.05, 0.1) is 0 Å². The van der Waals surface area contributed by atoms with Crippen molar-refractivity contribution in [3.05, 3.63) is 0 Å². The van der Waals surface area contributed by atoms with Crippen LogP contribution in [0.1, 0.15) is 52.9 Å². The summed E-state index contributed by atoms with van der Waals surface area (Å²) in [5.41, 5.74) is 0. The topological polar surface area (TPSA) is 32.3 Å². The second-order valence-electron chi connectivity index (χ2n) is 4.61. The van der Waals surface area contributed by atoms with Gasteiger partial charge in [0.1, 0.15) is 0 Å². The Balaban J connectivity index is 3.14. The largest absolute Gasteiger partial charge is 0.396 e. The smallest absolute Gasteiger partial charge is 0.0431 e. The van der Waals surface area contributed by atoms with E-state index < -0.39 is 0 Å². The van der Waals surface area contributed by atoms with Crippen molar-refractivity contribution in [2.24, 2.45) is 5.92 Å². The average molecular weight is 201 g/mol. The van der Waals surface area contributed by atoms with Crippen molar-refractivity contribution in [2.75, 3.05) is 13.2 Å². The summed E-state index contributed by atoms with van der Waals surface area (Å²) in [4.78, 5) is 0. The molecule has 0 aliphatic carbocycles. The summed E-state index contributed by atoms with van der Waals surface area (Å²) in [6, 6.07) is 0.645. The van der Waals surface area contributed by atoms with E-state index in [9.17, 15) is 0 Å². The lowest BCUT2D eigenvalue weighted by Crippen LogP contribution is -2.27. The maximum absolute atomic E-state index is 8.60. The molecule has 1 atom stereocenters. The molecule has 0 aromatic rings. The molecule has 2 N–H and O–H groups in total. The summed E-state index contributed by atoms with van der Waals surface area (Å²) >= 11 is 0. The second-order valence-corrected chi connectivity index (χ2v) is 4.61. The van der Waals surface area contributed by atoms with Crippen LogP contribution >= 0.6 is 0 Å². The highest BCUT2D eigenvalue weighted by molar-refractivity contribution is 4.61. The Morgan fingerprint density at radius 1 is 1.00 bits per heavy atom. The number of hydrogen-bond donors (Lipinski definition) is 2. The van der Waals surface area contributed by atoms with Crippen LogP contribution in [0.3, 0.4) is 0 Å². The number of nitrogens with one attached hydrogen (secondary N) is 1. The monoisotopic (exact) mass is 201 g/mol. The van der Waals surface area contributed by atoms with E-state index in [0.29, 0.717) is 12.6 Å². The molecule has 0 aromatic heterocycles. The Morgan fingerprint density at radius 2 is 1.71 bits per heavy atom. The van der Waals surface area contributed by atoms with Gasteiger partial charge in [0.15, 0.2) is 0 Å². The summed E-state index contributed by atoms with van der Waals surface area (Å²) in [5, 5.41) is 12.1. The summed E-state index contributed by atoms with van der Waals surface area (Å²) in [5.74, 6) is 0.814. The first-order valence-electron chi connectivity index (χ1n) is 6.01. The summed E-state index contributed by atoms with van der Waals surface area (Å²) in [7, 11) is 0. The van der Waals surface area contributed by atoms with E-state index >= 15 is 0 Å². The number of aliphatic hydroxyl groups excluding tert-OH is 1. The van der Waals surface area contributed by atoms with Crippen molar-refractivity contribution in [1.29, 1.82) is 0 Å². The van der Waals surface area contributed by atoms with Gasteiger partial charge >= 0.3 is 0 Å². The molecule has 0 saturated carbocycles. The molecule has 0 aliphatic heterocycles. The van der Waals surface area contributed by atoms with Gasteiger partial charge < -0.3 is 10.4 Å². The van der Waals surface area contributed by atoms with Crippen LogP contribution in [-0.2, 0) is 0 Å². The highest BCUT2D eigenvalue weighted by Gasteiger charge is 2.01. The van der Waals surface area contributed by atoms with E-state index in [-0.39, 0.29) is 0 Å². The van der Waals surface area contributed by atoms with E-state index in [1.165, 1.54) is 19.3 Å². The third kappa shape index (κ3) is 10.0. The van der Waals surface area contributed by atoms with Crippen molar-refractivity contribution in [2.45, 2.75) is 58.9 Å². The molecule has 0 amide bonds. The van der Waals surface area contributed by atoms with Crippen LogP contribution in [0.25, 0.3) is 0 Å². The molecule has 0 bridgehead atoms. The van der Waals surface area contributed by atoms with Crippen molar-refractivity contribution in [3.8, 4) is 0 Å². The SMILES string of the molecule is CC(C)CCC(C)NCCCCCO. The Morgan fingerprint density at radius 3 is 2.29 bits per heavy atom. The van der Waals surface area contributed by atoms with Crippen LogP contribution < -0.4 is 5.32 Å². The van der Waals surface area contributed by atoms with Gasteiger partial charge in [-0.3, -0.25) is 0 Å². The Labute approximate surface area is 89.1 Å². The van der Waals surface area contributed by atoms with Gasteiger partial charge in [-0.2, -0.15) is 0 Å². The first-order valence-corrected chi connectivity index (χ1v) is 6.01. The molecule has 2 nitrogen and oxygen atoms in total. The molecule has 0 rings (SSSR count). The van der Waals surface area contributed by atoms with Gasteiger partial charge in [-0.1, -0.05) is 13.8 Å². The van der Waals surface area contributed by atoms with Crippen molar-refractivity contribution >= 4 is 0 Å². The van der Waals surface area contributed by atoms with Crippen molar-refractivity contribution in [3.63, 3.8) is 0 Å². The van der Waals surface area contributed by atoms with Crippen LogP contribution in [0.2, 0.25) is 0 Å². The molecule has 0 fully saturated rings. The third-order valence-electron chi connectivity index (χ3n) is 2.50. The third-order valence-corrected chi connectivity index (χ3v) is 2.50. The molecule has 0 heterocycles. The molecule has 0 saturated heterocycles. The first-order chi connectivity index (χ1) is 6.66. The summed E-state index contributed by atoms with van der Waals surface area (Å²) in [6.07, 6.45) is 5.86. The summed E-state index contributed by atoms with van der Waals surface area (Å²) < 4.78 is 0. The molecule has 86 valence electrons. The van der Waals surface area contributed by atoms with E-state index in [4.69, 9.17) is 5.11 Å². The first kappa shape index (κ1) is 13.9. The van der Waals surface area contributed by atoms with E-state index in [1.807, 2.05) is 0 Å².